The van der Waals surface area contributed by atoms with Crippen LogP contribution in [0.3, 0.4) is 0 Å². The summed E-state index contributed by atoms with van der Waals surface area (Å²) in [6.07, 6.45) is -0.654. The summed E-state index contributed by atoms with van der Waals surface area (Å²) < 4.78 is 45.4. The number of aromatic carboxylic acids is 1. The molecule has 2 amide bonds. The zero-order valence-corrected chi connectivity index (χ0v) is 19.6. The van der Waals surface area contributed by atoms with Crippen LogP contribution in [0.1, 0.15) is 42.7 Å². The van der Waals surface area contributed by atoms with E-state index in [1.165, 1.54) is 18.3 Å². The molecule has 3 N–H and O–H groups in total. The van der Waals surface area contributed by atoms with Crippen LogP contribution in [0, 0.1) is 0 Å². The van der Waals surface area contributed by atoms with Crippen LogP contribution in [0.2, 0.25) is 0 Å². The second kappa shape index (κ2) is 11.1. The molecule has 0 aliphatic carbocycles. The highest BCUT2D eigenvalue weighted by molar-refractivity contribution is 7.13. The smallest absolute Gasteiger partial charge is 0.434 e. The van der Waals surface area contributed by atoms with Gasteiger partial charge in [-0.1, -0.05) is 13.3 Å². The number of hydrogen-bond acceptors (Lipinski definition) is 7. The van der Waals surface area contributed by atoms with E-state index in [-0.39, 0.29) is 39.0 Å². The third kappa shape index (κ3) is 6.44. The molecule has 0 unspecified atom stereocenters. The van der Waals surface area contributed by atoms with Gasteiger partial charge in [-0.25, -0.2) is 24.5 Å². The summed E-state index contributed by atoms with van der Waals surface area (Å²) in [4.78, 5) is 35.5. The van der Waals surface area contributed by atoms with Gasteiger partial charge in [0, 0.05) is 41.0 Å². The molecule has 35 heavy (non-hydrogen) atoms. The van der Waals surface area contributed by atoms with Crippen molar-refractivity contribution in [2.24, 2.45) is 0 Å². The second-order valence-electron chi connectivity index (χ2n) is 7.22. The monoisotopic (exact) mass is 509 g/mol. The highest BCUT2D eigenvalue weighted by atomic mass is 32.1. The lowest BCUT2D eigenvalue weighted by atomic mass is 10.0. The Labute approximate surface area is 202 Å². The number of anilines is 1. The van der Waals surface area contributed by atoms with Gasteiger partial charge in [-0.3, -0.25) is 5.32 Å². The van der Waals surface area contributed by atoms with Gasteiger partial charge < -0.3 is 15.2 Å². The van der Waals surface area contributed by atoms with E-state index in [1.807, 2.05) is 6.92 Å². The molecule has 0 aromatic carbocycles. The van der Waals surface area contributed by atoms with E-state index >= 15 is 0 Å². The highest BCUT2D eigenvalue weighted by Gasteiger charge is 2.34. The molecule has 0 spiro atoms. The van der Waals surface area contributed by atoms with Crippen LogP contribution in [-0.2, 0) is 6.18 Å². The van der Waals surface area contributed by atoms with Gasteiger partial charge in [-0.05, 0) is 25.5 Å². The molecule has 3 aromatic heterocycles. The average molecular weight is 510 g/mol. The van der Waals surface area contributed by atoms with Crippen LogP contribution in [0.25, 0.3) is 21.7 Å². The Kier molecular flexibility index (Phi) is 8.22. The lowest BCUT2D eigenvalue weighted by Gasteiger charge is -2.15. The van der Waals surface area contributed by atoms with E-state index in [9.17, 15) is 27.9 Å². The van der Waals surface area contributed by atoms with E-state index in [0.29, 0.717) is 19.6 Å². The summed E-state index contributed by atoms with van der Waals surface area (Å²) in [5, 5.41) is 15.4. The largest absolute Gasteiger partial charge is 0.478 e. The molecule has 0 saturated carbocycles. The summed E-state index contributed by atoms with van der Waals surface area (Å²) in [6, 6.07) is 2.13. The Balaban J connectivity index is 2.18. The van der Waals surface area contributed by atoms with Crippen molar-refractivity contribution in [3.63, 3.8) is 0 Å². The zero-order valence-electron chi connectivity index (χ0n) is 18.8. The second-order valence-corrected chi connectivity index (χ2v) is 8.08. The highest BCUT2D eigenvalue weighted by Crippen LogP contribution is 2.40. The van der Waals surface area contributed by atoms with Crippen molar-refractivity contribution in [2.45, 2.75) is 32.9 Å². The number of pyridine rings is 2. The summed E-state index contributed by atoms with van der Waals surface area (Å²) in [7, 11) is 0. The number of halogens is 3. The van der Waals surface area contributed by atoms with Crippen molar-refractivity contribution < 1.29 is 32.6 Å². The molecule has 0 atom stereocenters. The molecule has 3 heterocycles. The van der Waals surface area contributed by atoms with Gasteiger partial charge in [0.2, 0.25) is 5.88 Å². The minimum atomic E-state index is -4.65. The Bertz CT molecular complexity index is 1220. The van der Waals surface area contributed by atoms with Crippen LogP contribution < -0.4 is 15.4 Å². The summed E-state index contributed by atoms with van der Waals surface area (Å²) >= 11 is 0.749. The van der Waals surface area contributed by atoms with Gasteiger partial charge in [0.1, 0.15) is 10.8 Å². The van der Waals surface area contributed by atoms with Gasteiger partial charge in [0.05, 0.1) is 12.2 Å². The third-order valence-electron chi connectivity index (χ3n) is 4.63. The summed E-state index contributed by atoms with van der Waals surface area (Å²) in [6.45, 7) is 4.34. The normalized spacial score (nSPS) is 11.2. The molecule has 0 radical (unpaired) electrons. The van der Waals surface area contributed by atoms with Gasteiger partial charge in [0.15, 0.2) is 5.69 Å². The average Bonchev–Trinajstić information content (AvgIpc) is 3.30. The van der Waals surface area contributed by atoms with Gasteiger partial charge in [0.25, 0.3) is 0 Å². The van der Waals surface area contributed by atoms with Crippen LogP contribution >= 0.6 is 11.3 Å². The lowest BCUT2D eigenvalue weighted by Crippen LogP contribution is -2.28. The number of unbranched alkanes of at least 4 members (excludes halogenated alkanes) is 1. The number of carboxylic acid groups (broad SMARTS) is 1. The first-order chi connectivity index (χ1) is 16.6. The first-order valence-corrected chi connectivity index (χ1v) is 11.5. The van der Waals surface area contributed by atoms with Crippen LogP contribution in [0.4, 0.5) is 23.8 Å². The molecular formula is C22H22F3N5O4S. The quantitative estimate of drug-likeness (QED) is 0.334. The topological polar surface area (TPSA) is 126 Å². The number of rotatable bonds is 9. The molecule has 3 rings (SSSR count). The molecule has 0 saturated heterocycles. The number of nitrogens with one attached hydrogen (secondary N) is 2. The number of carbonyl (C=O) groups is 2. The van der Waals surface area contributed by atoms with Crippen molar-refractivity contribution in [2.75, 3.05) is 18.5 Å². The number of nitrogens with zero attached hydrogens (tertiary/aromatic N) is 3. The molecule has 0 bridgehead atoms. The van der Waals surface area contributed by atoms with Gasteiger partial charge in [-0.2, -0.15) is 13.2 Å². The fraction of sp³-hybridized carbons (Fsp3) is 0.318. The van der Waals surface area contributed by atoms with E-state index < -0.39 is 23.9 Å². The number of ether oxygens (including phenoxy) is 1. The SMILES string of the molecule is CCCCOc1ncc(C(=O)O)cc1-c1cnc(NC(=O)NCC)cc1-c1nc(C(F)(F)F)cs1. The Morgan fingerprint density at radius 3 is 2.51 bits per heavy atom. The zero-order chi connectivity index (χ0) is 25.6. The predicted octanol–water partition coefficient (Wildman–Crippen LogP) is 5.30. The molecule has 3 aromatic rings. The fourth-order valence-corrected chi connectivity index (χ4v) is 3.81. The Hall–Kier alpha value is -3.74. The van der Waals surface area contributed by atoms with Crippen molar-refractivity contribution >= 4 is 29.2 Å². The third-order valence-corrected chi connectivity index (χ3v) is 5.51. The number of alkyl halides is 3. The number of thiazole rings is 1. The van der Waals surface area contributed by atoms with Crippen LogP contribution in [0.5, 0.6) is 5.88 Å². The van der Waals surface area contributed by atoms with Gasteiger partial charge in [-0.15, -0.1) is 11.3 Å². The predicted molar refractivity (Wildman–Crippen MR) is 124 cm³/mol. The number of carbonyl (C=O) groups excluding carboxylic acids is 1. The Morgan fingerprint density at radius 2 is 1.89 bits per heavy atom. The molecule has 0 fully saturated rings. The maximum absolute atomic E-state index is 13.2. The molecule has 0 aliphatic rings. The van der Waals surface area contributed by atoms with Crippen LogP contribution in [0.15, 0.2) is 29.9 Å². The van der Waals surface area contributed by atoms with Crippen molar-refractivity contribution in [3.05, 3.63) is 41.2 Å². The lowest BCUT2D eigenvalue weighted by molar-refractivity contribution is -0.140. The summed E-state index contributed by atoms with van der Waals surface area (Å²) in [5.74, 6) is -1.07. The number of aromatic nitrogens is 3. The first-order valence-electron chi connectivity index (χ1n) is 10.6. The van der Waals surface area contributed by atoms with Crippen molar-refractivity contribution in [3.8, 4) is 27.6 Å². The molecule has 0 aliphatic heterocycles. The van der Waals surface area contributed by atoms with E-state index in [4.69, 9.17) is 4.74 Å². The standard InChI is InChI=1S/C22H22F3N5O4S/c1-3-5-6-34-18-13(7-12(9-28-18)20(31)32)15-10-27-17(30-21(33)26-4-2)8-14(15)19-29-16(11-35-19)22(23,24)25/h7-11H,3-6H2,1-2H3,(H,31,32)(H2,26,27,30,33). The molecule has 13 heteroatoms. The minimum Gasteiger partial charge on any atom is -0.478 e. The van der Waals surface area contributed by atoms with E-state index in [2.05, 4.69) is 25.6 Å². The van der Waals surface area contributed by atoms with Gasteiger partial charge >= 0.3 is 18.2 Å². The van der Waals surface area contributed by atoms with Crippen molar-refractivity contribution in [1.29, 1.82) is 0 Å². The van der Waals surface area contributed by atoms with E-state index in [1.54, 1.807) is 6.92 Å². The number of carboxylic acids is 1. The molecule has 9 nitrogen and oxygen atoms in total. The van der Waals surface area contributed by atoms with Crippen molar-refractivity contribution in [1.82, 2.24) is 20.3 Å². The summed E-state index contributed by atoms with van der Waals surface area (Å²) in [5.41, 5.74) is -0.561. The number of hydrogen-bond donors (Lipinski definition) is 3. The fourth-order valence-electron chi connectivity index (χ4n) is 2.95. The maximum atomic E-state index is 13.2. The molecular weight excluding hydrogens is 487 g/mol. The maximum Gasteiger partial charge on any atom is 0.434 e. The molecule has 186 valence electrons. The van der Waals surface area contributed by atoms with E-state index in [0.717, 1.165) is 29.3 Å². The first kappa shape index (κ1) is 25.9. The minimum absolute atomic E-state index is 0.00564. The Morgan fingerprint density at radius 1 is 1.11 bits per heavy atom. The number of amides is 2. The number of urea groups is 1. The van der Waals surface area contributed by atoms with Crippen LogP contribution in [-0.4, -0.2) is 45.2 Å².